The van der Waals surface area contributed by atoms with Gasteiger partial charge in [0.15, 0.2) is 18.0 Å². The van der Waals surface area contributed by atoms with Gasteiger partial charge in [-0.2, -0.15) is 0 Å². The average molecular weight is 703 g/mol. The first-order valence-electron chi connectivity index (χ1n) is 18.3. The zero-order chi connectivity index (χ0) is 37.1. The van der Waals surface area contributed by atoms with Gasteiger partial charge < -0.3 is 4.74 Å². The van der Waals surface area contributed by atoms with Gasteiger partial charge in [0.05, 0.1) is 16.5 Å². The molecule has 5 nitrogen and oxygen atoms in total. The van der Waals surface area contributed by atoms with E-state index in [1.54, 1.807) is 6.08 Å². The van der Waals surface area contributed by atoms with E-state index >= 15 is 0 Å². The van der Waals surface area contributed by atoms with Crippen LogP contribution in [0.25, 0.3) is 61.2 Å². The standard InChI is InChI=1S/C49H40N3O2/c1-6-26-51-43(7-2)41-28-37(34-16-9-8-10-17-34)29-42(47-40-20-14-12-18-36(40)25-27-50(47)5)46(41)49(51)52-44(39-19-13-11-15-33(39)4)30-38(31-45(52)48(53)54-49)35-23-21-32(3)22-24-35/h6-31H,1H2,2-5H3/q+3. The molecule has 1 unspecified atom stereocenters. The van der Waals surface area contributed by atoms with E-state index < -0.39 is 11.8 Å². The number of rotatable bonds is 5. The molecule has 0 aliphatic carbocycles. The number of aryl methyl sites for hydroxylation is 3. The zero-order valence-electron chi connectivity index (χ0n) is 30.9. The second-order valence-electron chi connectivity index (χ2n) is 14.1. The summed E-state index contributed by atoms with van der Waals surface area (Å²) in [7, 11) is 2.09. The van der Waals surface area contributed by atoms with Crippen LogP contribution < -0.4 is 9.13 Å². The molecular formula is C49H40N3O2+3. The van der Waals surface area contributed by atoms with Crippen LogP contribution in [0, 0.1) is 13.8 Å². The number of pyridine rings is 2. The van der Waals surface area contributed by atoms with E-state index in [0.29, 0.717) is 5.69 Å². The summed E-state index contributed by atoms with van der Waals surface area (Å²) >= 11 is 0. The minimum Gasteiger partial charge on any atom is -0.331 e. The second-order valence-corrected chi connectivity index (χ2v) is 14.1. The number of esters is 1. The molecule has 0 saturated heterocycles. The van der Waals surface area contributed by atoms with Gasteiger partial charge in [0, 0.05) is 23.8 Å². The molecule has 0 saturated carbocycles. The maximum atomic E-state index is 14.8. The maximum Gasteiger partial charge on any atom is 0.559 e. The number of aromatic nitrogens is 2. The Morgan fingerprint density at radius 3 is 2.11 bits per heavy atom. The highest BCUT2D eigenvalue weighted by molar-refractivity contribution is 5.97. The molecule has 2 aliphatic rings. The van der Waals surface area contributed by atoms with Crippen molar-refractivity contribution in [1.29, 1.82) is 0 Å². The first-order chi connectivity index (χ1) is 26.3. The molecule has 5 heteroatoms. The summed E-state index contributed by atoms with van der Waals surface area (Å²) in [6, 6.07) is 46.6. The van der Waals surface area contributed by atoms with E-state index in [0.717, 1.165) is 77.9 Å². The summed E-state index contributed by atoms with van der Waals surface area (Å²) < 4.78 is 13.4. The normalized spacial score (nSPS) is 17.3. The van der Waals surface area contributed by atoms with E-state index in [4.69, 9.17) is 4.74 Å². The molecule has 260 valence electrons. The quantitative estimate of drug-likeness (QED) is 0.132. The zero-order valence-corrected chi connectivity index (χ0v) is 30.9. The van der Waals surface area contributed by atoms with E-state index in [1.165, 1.54) is 5.56 Å². The molecule has 0 amide bonds. The average Bonchev–Trinajstić information content (AvgIpc) is 3.64. The second kappa shape index (κ2) is 12.7. The van der Waals surface area contributed by atoms with Gasteiger partial charge in [-0.3, -0.25) is 0 Å². The van der Waals surface area contributed by atoms with E-state index in [-0.39, 0.29) is 0 Å². The first-order valence-corrected chi connectivity index (χ1v) is 18.3. The van der Waals surface area contributed by atoms with Crippen LogP contribution in [0.5, 0.6) is 0 Å². The highest BCUT2D eigenvalue weighted by Crippen LogP contribution is 2.51. The van der Waals surface area contributed by atoms with E-state index in [9.17, 15) is 4.79 Å². The Bertz CT molecular complexity index is 2760. The molecule has 0 N–H and O–H groups in total. The Labute approximate surface area is 315 Å². The first kappa shape index (κ1) is 33.1. The van der Waals surface area contributed by atoms with Crippen molar-refractivity contribution >= 4 is 28.7 Å². The van der Waals surface area contributed by atoms with Crippen LogP contribution in [-0.4, -0.2) is 16.8 Å². The van der Waals surface area contributed by atoms with Crippen molar-refractivity contribution in [3.63, 3.8) is 0 Å². The summed E-state index contributed by atoms with van der Waals surface area (Å²) in [6.07, 6.45) is 7.93. The third-order valence-electron chi connectivity index (χ3n) is 10.9. The molecule has 0 bridgehead atoms. The number of carbonyl (C=O) groups is 1. The van der Waals surface area contributed by atoms with Gasteiger partial charge in [0.2, 0.25) is 17.1 Å². The van der Waals surface area contributed by atoms with Gasteiger partial charge in [-0.1, -0.05) is 112 Å². The molecule has 1 atom stereocenters. The van der Waals surface area contributed by atoms with Gasteiger partial charge in [-0.05, 0) is 90.4 Å². The molecule has 54 heavy (non-hydrogen) atoms. The monoisotopic (exact) mass is 702 g/mol. The topological polar surface area (TPSA) is 37.1 Å². The smallest absolute Gasteiger partial charge is 0.331 e. The molecule has 1 spiro atoms. The lowest BCUT2D eigenvalue weighted by Gasteiger charge is -2.19. The SMILES string of the molecule is C=CC=[N+]1C(=CC)c2cc(-c3ccccc3)cc(-c3c4ccccc4cc[n+]3C)c2C12OC(=O)c1cc(-c3ccc(C)cc3)cc(-c3ccccc3C)[n+]12. The van der Waals surface area contributed by atoms with Crippen LogP contribution in [0.1, 0.15) is 39.7 Å². The van der Waals surface area contributed by atoms with Gasteiger partial charge >= 0.3 is 17.5 Å². The highest BCUT2D eigenvalue weighted by Gasteiger charge is 2.73. The largest absolute Gasteiger partial charge is 0.559 e. The molecule has 2 aliphatic heterocycles. The van der Waals surface area contributed by atoms with Crippen LogP contribution in [-0.2, 0) is 17.6 Å². The van der Waals surface area contributed by atoms with Gasteiger partial charge in [-0.15, -0.1) is 0 Å². The summed E-state index contributed by atoms with van der Waals surface area (Å²) in [5, 5.41) is 2.22. The Balaban J connectivity index is 1.48. The molecule has 0 fully saturated rings. The number of hydrogen-bond donors (Lipinski definition) is 0. The Hall–Kier alpha value is -6.72. The Kier molecular flexibility index (Phi) is 7.82. The predicted octanol–water partition coefficient (Wildman–Crippen LogP) is 9.71. The van der Waals surface area contributed by atoms with Crippen molar-refractivity contribution in [2.24, 2.45) is 7.05 Å². The number of ether oxygens (including phenoxy) is 1. The molecule has 9 rings (SSSR count). The summed E-state index contributed by atoms with van der Waals surface area (Å²) in [5.74, 6) is -1.83. The molecule has 2 aromatic heterocycles. The molecule has 4 heterocycles. The van der Waals surface area contributed by atoms with Crippen LogP contribution in [0.15, 0.2) is 158 Å². The van der Waals surface area contributed by atoms with Crippen molar-refractivity contribution in [3.05, 3.63) is 186 Å². The summed E-state index contributed by atoms with van der Waals surface area (Å²) in [6.45, 7) is 10.4. The maximum absolute atomic E-state index is 14.8. The Morgan fingerprint density at radius 2 is 1.35 bits per heavy atom. The number of benzene rings is 5. The molecular weight excluding hydrogens is 663 g/mol. The summed E-state index contributed by atoms with van der Waals surface area (Å²) in [4.78, 5) is 14.8. The lowest BCUT2D eigenvalue weighted by molar-refractivity contribution is -0.917. The van der Waals surface area contributed by atoms with Crippen molar-refractivity contribution in [1.82, 2.24) is 0 Å². The fraction of sp³-hybridized carbons (Fsp3) is 0.102. The number of carbonyl (C=O) groups excluding carboxylic acids is 1. The minimum absolute atomic E-state index is 0.398. The lowest BCUT2D eigenvalue weighted by Crippen LogP contribution is -2.61. The predicted molar refractivity (Wildman–Crippen MR) is 216 cm³/mol. The van der Waals surface area contributed by atoms with Gasteiger partial charge in [0.25, 0.3) is 0 Å². The molecule has 5 aromatic carbocycles. The van der Waals surface area contributed by atoms with Gasteiger partial charge in [-0.25, -0.2) is 9.36 Å². The number of nitrogens with zero attached hydrogens (tertiary/aromatic N) is 3. The van der Waals surface area contributed by atoms with Crippen molar-refractivity contribution in [2.45, 2.75) is 26.6 Å². The Morgan fingerprint density at radius 1 is 0.685 bits per heavy atom. The minimum atomic E-state index is -1.43. The highest BCUT2D eigenvalue weighted by atomic mass is 16.6. The van der Waals surface area contributed by atoms with Crippen molar-refractivity contribution < 1.29 is 23.2 Å². The van der Waals surface area contributed by atoms with Crippen molar-refractivity contribution in [3.8, 4) is 44.8 Å². The fourth-order valence-electron chi connectivity index (χ4n) is 8.41. The third kappa shape index (κ3) is 4.92. The number of fused-ring (bicyclic) bond motifs is 5. The van der Waals surface area contributed by atoms with Crippen LogP contribution >= 0.6 is 0 Å². The van der Waals surface area contributed by atoms with Crippen molar-refractivity contribution in [2.75, 3.05) is 0 Å². The van der Waals surface area contributed by atoms with Crippen LogP contribution in [0.2, 0.25) is 0 Å². The van der Waals surface area contributed by atoms with E-state index in [2.05, 4.69) is 175 Å². The molecule has 7 aromatic rings. The summed E-state index contributed by atoms with van der Waals surface area (Å²) in [5.41, 5.74) is 13.5. The van der Waals surface area contributed by atoms with Crippen LogP contribution in [0.4, 0.5) is 0 Å². The van der Waals surface area contributed by atoms with E-state index in [1.807, 2.05) is 25.3 Å². The third-order valence-corrected chi connectivity index (χ3v) is 10.9. The number of allylic oxidation sites excluding steroid dienone is 2. The molecule has 0 radical (unpaired) electrons. The van der Waals surface area contributed by atoms with Crippen LogP contribution in [0.3, 0.4) is 0 Å². The van der Waals surface area contributed by atoms with Gasteiger partial charge in [0.1, 0.15) is 7.05 Å². The number of hydrogen-bond acceptors (Lipinski definition) is 2. The lowest BCUT2D eigenvalue weighted by atomic mass is 9.89. The fourth-order valence-corrected chi connectivity index (χ4v) is 8.41.